The van der Waals surface area contributed by atoms with E-state index in [4.69, 9.17) is 23.2 Å². The summed E-state index contributed by atoms with van der Waals surface area (Å²) in [5, 5.41) is 0.576. The van der Waals surface area contributed by atoms with Crippen LogP contribution in [0, 0.1) is 11.2 Å². The van der Waals surface area contributed by atoms with Crippen molar-refractivity contribution in [3.8, 4) is 0 Å². The standard InChI is InChI=1S/C14H15Cl2F/c1-14(2)7-9(5-10(15)8-14)12-6-11(17)3-4-13(12)16/h3-6,10H,7-8H2,1-2H3. The molecule has 1 unspecified atom stereocenters. The maximum atomic E-state index is 13.3. The number of hydrogen-bond donors (Lipinski definition) is 0. The Morgan fingerprint density at radius 1 is 1.35 bits per heavy atom. The van der Waals surface area contributed by atoms with Crippen LogP contribution in [0.2, 0.25) is 5.02 Å². The predicted molar refractivity (Wildman–Crippen MR) is 72.0 cm³/mol. The molecule has 0 bridgehead atoms. The monoisotopic (exact) mass is 272 g/mol. The van der Waals surface area contributed by atoms with Gasteiger partial charge in [0.05, 0.1) is 5.38 Å². The summed E-state index contributed by atoms with van der Waals surface area (Å²) >= 11 is 12.3. The normalized spacial score (nSPS) is 23.4. The second kappa shape index (κ2) is 4.62. The zero-order chi connectivity index (χ0) is 12.6. The first-order chi connectivity index (χ1) is 7.87. The molecule has 2 rings (SSSR count). The van der Waals surface area contributed by atoms with Crippen molar-refractivity contribution in [3.05, 3.63) is 40.7 Å². The second-order valence-corrected chi connectivity index (χ2v) is 6.34. The van der Waals surface area contributed by atoms with Crippen molar-refractivity contribution in [2.24, 2.45) is 5.41 Å². The number of allylic oxidation sites excluding steroid dienone is 2. The minimum Gasteiger partial charge on any atom is -0.207 e. The van der Waals surface area contributed by atoms with Crippen molar-refractivity contribution in [2.75, 3.05) is 0 Å². The Morgan fingerprint density at radius 2 is 2.06 bits per heavy atom. The van der Waals surface area contributed by atoms with Crippen LogP contribution in [0.4, 0.5) is 4.39 Å². The molecule has 0 nitrogen and oxygen atoms in total. The molecule has 0 saturated carbocycles. The third-order valence-electron chi connectivity index (χ3n) is 3.07. The highest BCUT2D eigenvalue weighted by molar-refractivity contribution is 6.32. The first-order valence-electron chi connectivity index (χ1n) is 5.68. The van der Waals surface area contributed by atoms with E-state index >= 15 is 0 Å². The Morgan fingerprint density at radius 3 is 2.71 bits per heavy atom. The van der Waals surface area contributed by atoms with Crippen molar-refractivity contribution in [1.29, 1.82) is 0 Å². The molecule has 1 atom stereocenters. The second-order valence-electron chi connectivity index (χ2n) is 5.38. The lowest BCUT2D eigenvalue weighted by molar-refractivity contribution is 0.340. The van der Waals surface area contributed by atoms with E-state index in [1.807, 2.05) is 6.08 Å². The van der Waals surface area contributed by atoms with Crippen LogP contribution >= 0.6 is 23.2 Å². The molecule has 1 aromatic rings. The van der Waals surface area contributed by atoms with Crippen molar-refractivity contribution < 1.29 is 4.39 Å². The largest absolute Gasteiger partial charge is 0.207 e. The molecule has 0 fully saturated rings. The molecule has 17 heavy (non-hydrogen) atoms. The van der Waals surface area contributed by atoms with Gasteiger partial charge in [-0.2, -0.15) is 0 Å². The van der Waals surface area contributed by atoms with Gasteiger partial charge in [-0.05, 0) is 47.6 Å². The Hall–Kier alpha value is -0.530. The molecule has 0 aromatic heterocycles. The summed E-state index contributed by atoms with van der Waals surface area (Å²) < 4.78 is 13.3. The molecule has 0 heterocycles. The Labute approximate surface area is 111 Å². The zero-order valence-corrected chi connectivity index (χ0v) is 11.4. The van der Waals surface area contributed by atoms with E-state index in [1.54, 1.807) is 6.07 Å². The van der Waals surface area contributed by atoms with Gasteiger partial charge in [0.25, 0.3) is 0 Å². The van der Waals surface area contributed by atoms with E-state index in [-0.39, 0.29) is 16.6 Å². The van der Waals surface area contributed by atoms with Gasteiger partial charge in [0, 0.05) is 5.02 Å². The lowest BCUT2D eigenvalue weighted by Gasteiger charge is -2.32. The third kappa shape index (κ3) is 3.02. The van der Waals surface area contributed by atoms with Crippen molar-refractivity contribution in [3.63, 3.8) is 0 Å². The maximum Gasteiger partial charge on any atom is 0.123 e. The molecule has 1 aromatic carbocycles. The summed E-state index contributed by atoms with van der Waals surface area (Å²) in [5.41, 5.74) is 1.95. The minimum atomic E-state index is -0.264. The van der Waals surface area contributed by atoms with Gasteiger partial charge in [-0.15, -0.1) is 11.6 Å². The van der Waals surface area contributed by atoms with Crippen molar-refractivity contribution in [2.45, 2.75) is 32.1 Å². The van der Waals surface area contributed by atoms with Crippen LogP contribution in [0.25, 0.3) is 5.57 Å². The van der Waals surface area contributed by atoms with Gasteiger partial charge in [-0.25, -0.2) is 4.39 Å². The van der Waals surface area contributed by atoms with E-state index in [2.05, 4.69) is 13.8 Å². The van der Waals surface area contributed by atoms with Crippen LogP contribution in [0.1, 0.15) is 32.3 Å². The molecule has 0 amide bonds. The molecule has 1 aliphatic rings. The van der Waals surface area contributed by atoms with Crippen LogP contribution in [0.5, 0.6) is 0 Å². The minimum absolute atomic E-state index is 0.00640. The lowest BCUT2D eigenvalue weighted by Crippen LogP contribution is -2.21. The highest BCUT2D eigenvalue weighted by Gasteiger charge is 2.28. The van der Waals surface area contributed by atoms with Crippen molar-refractivity contribution in [1.82, 2.24) is 0 Å². The summed E-state index contributed by atoms with van der Waals surface area (Å²) in [6.07, 6.45) is 3.80. The molecule has 0 aliphatic heterocycles. The molecule has 3 heteroatoms. The molecule has 0 saturated heterocycles. The van der Waals surface area contributed by atoms with Gasteiger partial charge in [0.15, 0.2) is 0 Å². The summed E-state index contributed by atoms with van der Waals surface area (Å²) in [7, 11) is 0. The van der Waals surface area contributed by atoms with Gasteiger partial charge in [0.1, 0.15) is 5.82 Å². The lowest BCUT2D eigenvalue weighted by atomic mass is 9.75. The number of benzene rings is 1. The van der Waals surface area contributed by atoms with Crippen LogP contribution in [0.15, 0.2) is 24.3 Å². The summed E-state index contributed by atoms with van der Waals surface area (Å²) in [5.74, 6) is -0.264. The molecule has 1 aliphatic carbocycles. The quantitative estimate of drug-likeness (QED) is 0.610. The zero-order valence-electron chi connectivity index (χ0n) is 9.93. The van der Waals surface area contributed by atoms with E-state index in [9.17, 15) is 4.39 Å². The SMILES string of the molecule is CC1(C)CC(c2cc(F)ccc2Cl)=CC(Cl)C1. The Balaban J connectivity index is 2.43. The predicted octanol–water partition coefficient (Wildman–Crippen LogP) is 5.29. The average molecular weight is 273 g/mol. The topological polar surface area (TPSA) is 0 Å². The van der Waals surface area contributed by atoms with Crippen molar-refractivity contribution >= 4 is 28.8 Å². The van der Waals surface area contributed by atoms with Gasteiger partial charge in [-0.3, -0.25) is 0 Å². The van der Waals surface area contributed by atoms with E-state index < -0.39 is 0 Å². The van der Waals surface area contributed by atoms with Gasteiger partial charge in [-0.1, -0.05) is 31.5 Å². The van der Waals surface area contributed by atoms with Crippen LogP contribution in [-0.4, -0.2) is 5.38 Å². The maximum absolute atomic E-state index is 13.3. The van der Waals surface area contributed by atoms with Crippen LogP contribution in [-0.2, 0) is 0 Å². The van der Waals surface area contributed by atoms with Gasteiger partial charge >= 0.3 is 0 Å². The van der Waals surface area contributed by atoms with Crippen LogP contribution in [0.3, 0.4) is 0 Å². The Kier molecular flexibility index (Phi) is 3.51. The molecule has 92 valence electrons. The average Bonchev–Trinajstić information content (AvgIpc) is 2.18. The summed E-state index contributed by atoms with van der Waals surface area (Å²) in [6.45, 7) is 4.34. The van der Waals surface area contributed by atoms with Gasteiger partial charge in [0.2, 0.25) is 0 Å². The van der Waals surface area contributed by atoms with Crippen LogP contribution < -0.4 is 0 Å². The molecule has 0 spiro atoms. The highest BCUT2D eigenvalue weighted by Crippen LogP contribution is 2.42. The highest BCUT2D eigenvalue weighted by atomic mass is 35.5. The smallest absolute Gasteiger partial charge is 0.123 e. The number of halogens is 3. The van der Waals surface area contributed by atoms with Gasteiger partial charge < -0.3 is 0 Å². The molecule has 0 N–H and O–H groups in total. The number of rotatable bonds is 1. The summed E-state index contributed by atoms with van der Waals surface area (Å²) in [6, 6.07) is 4.45. The van der Waals surface area contributed by atoms with E-state index in [0.29, 0.717) is 5.02 Å². The number of hydrogen-bond acceptors (Lipinski definition) is 0. The Bertz CT molecular complexity index is 463. The molecule has 0 radical (unpaired) electrons. The summed E-state index contributed by atoms with van der Waals surface area (Å²) in [4.78, 5) is 0. The fourth-order valence-corrected chi connectivity index (χ4v) is 3.19. The van der Waals surface area contributed by atoms with E-state index in [0.717, 1.165) is 24.0 Å². The first-order valence-corrected chi connectivity index (χ1v) is 6.49. The fourth-order valence-electron chi connectivity index (χ4n) is 2.38. The third-order valence-corrected chi connectivity index (χ3v) is 3.68. The number of alkyl halides is 1. The molecular formula is C14H15Cl2F. The fraction of sp³-hybridized carbons (Fsp3) is 0.429. The molecular weight excluding hydrogens is 258 g/mol. The first kappa shape index (κ1) is 12.9. The van der Waals surface area contributed by atoms with E-state index in [1.165, 1.54) is 12.1 Å².